The fourth-order valence-corrected chi connectivity index (χ4v) is 2.11. The number of halogens is 1. The van der Waals surface area contributed by atoms with E-state index in [-0.39, 0.29) is 0 Å². The zero-order valence-electron chi connectivity index (χ0n) is 9.56. The summed E-state index contributed by atoms with van der Waals surface area (Å²) >= 11 is 3.30. The van der Waals surface area contributed by atoms with E-state index in [1.807, 2.05) is 0 Å². The predicted molar refractivity (Wildman–Crippen MR) is 64.4 cm³/mol. The van der Waals surface area contributed by atoms with E-state index in [1.54, 1.807) is 11.8 Å². The Labute approximate surface area is 103 Å². The number of likely N-dealkylation sites (N-methyl/N-ethyl adjacent to an activating group) is 1. The number of hydrogen-bond acceptors (Lipinski definition) is 5. The molecule has 1 aromatic rings. The maximum Gasteiger partial charge on any atom is 0.227 e. The standard InChI is InChI=1S/C9H16BrN5O/c1-13-3-5-14(6-4-13)9-11-8(10)12-15(9)7-16-2/h3-7H2,1-2H3. The first kappa shape index (κ1) is 11.8. The van der Waals surface area contributed by atoms with E-state index < -0.39 is 0 Å². The van der Waals surface area contributed by atoms with E-state index in [1.165, 1.54) is 0 Å². The third-order valence-electron chi connectivity index (χ3n) is 2.66. The zero-order chi connectivity index (χ0) is 11.5. The molecule has 1 aromatic heterocycles. The van der Waals surface area contributed by atoms with Crippen molar-refractivity contribution in [1.82, 2.24) is 19.7 Å². The molecule has 2 rings (SSSR count). The highest BCUT2D eigenvalue weighted by molar-refractivity contribution is 9.10. The van der Waals surface area contributed by atoms with Crippen molar-refractivity contribution in [2.45, 2.75) is 6.73 Å². The molecule has 90 valence electrons. The molecule has 0 radical (unpaired) electrons. The van der Waals surface area contributed by atoms with Crippen molar-refractivity contribution in [3.05, 3.63) is 4.73 Å². The minimum Gasteiger partial charge on any atom is -0.362 e. The van der Waals surface area contributed by atoms with Gasteiger partial charge in [0.1, 0.15) is 6.73 Å². The lowest BCUT2D eigenvalue weighted by Gasteiger charge is -2.32. The number of rotatable bonds is 3. The van der Waals surface area contributed by atoms with Gasteiger partial charge in [-0.3, -0.25) is 0 Å². The van der Waals surface area contributed by atoms with Crippen molar-refractivity contribution >= 4 is 21.9 Å². The number of nitrogens with zero attached hydrogens (tertiary/aromatic N) is 5. The van der Waals surface area contributed by atoms with Crippen LogP contribution in [0.25, 0.3) is 0 Å². The van der Waals surface area contributed by atoms with Gasteiger partial charge in [-0.1, -0.05) is 0 Å². The first-order valence-corrected chi connectivity index (χ1v) is 6.03. The molecule has 1 aliphatic rings. The average molecular weight is 290 g/mol. The Morgan fingerprint density at radius 1 is 1.31 bits per heavy atom. The van der Waals surface area contributed by atoms with Crippen LogP contribution in [0.5, 0.6) is 0 Å². The molecule has 0 aromatic carbocycles. The molecule has 0 atom stereocenters. The highest BCUT2D eigenvalue weighted by atomic mass is 79.9. The summed E-state index contributed by atoms with van der Waals surface area (Å²) in [6, 6.07) is 0. The Hall–Kier alpha value is -0.660. The van der Waals surface area contributed by atoms with Crippen LogP contribution < -0.4 is 4.90 Å². The second kappa shape index (κ2) is 5.11. The summed E-state index contributed by atoms with van der Waals surface area (Å²) in [5.41, 5.74) is 0. The SMILES string of the molecule is COCn1nc(Br)nc1N1CCN(C)CC1. The van der Waals surface area contributed by atoms with Crippen LogP contribution in [0.4, 0.5) is 5.95 Å². The average Bonchev–Trinajstić information content (AvgIpc) is 2.61. The summed E-state index contributed by atoms with van der Waals surface area (Å²) in [6.07, 6.45) is 0. The van der Waals surface area contributed by atoms with Gasteiger partial charge in [-0.05, 0) is 23.0 Å². The van der Waals surface area contributed by atoms with Gasteiger partial charge in [0.05, 0.1) is 0 Å². The minimum atomic E-state index is 0.431. The maximum absolute atomic E-state index is 5.10. The molecule has 0 N–H and O–H groups in total. The molecule has 1 fully saturated rings. The predicted octanol–water partition coefficient (Wildman–Crippen LogP) is 0.396. The highest BCUT2D eigenvalue weighted by Crippen LogP contribution is 2.16. The fourth-order valence-electron chi connectivity index (χ4n) is 1.76. The molecule has 0 amide bonds. The van der Waals surface area contributed by atoms with Crippen LogP contribution >= 0.6 is 15.9 Å². The molecule has 2 heterocycles. The Morgan fingerprint density at radius 3 is 2.62 bits per heavy atom. The molecule has 0 bridgehead atoms. The lowest BCUT2D eigenvalue weighted by molar-refractivity contribution is 0.120. The molecule has 6 nitrogen and oxygen atoms in total. The summed E-state index contributed by atoms with van der Waals surface area (Å²) in [4.78, 5) is 8.91. The van der Waals surface area contributed by atoms with Crippen LogP contribution in [-0.4, -0.2) is 60.0 Å². The van der Waals surface area contributed by atoms with Crippen molar-refractivity contribution in [1.29, 1.82) is 0 Å². The molecule has 1 saturated heterocycles. The van der Waals surface area contributed by atoms with E-state index in [4.69, 9.17) is 4.74 Å². The van der Waals surface area contributed by atoms with Gasteiger partial charge in [0.25, 0.3) is 0 Å². The summed E-state index contributed by atoms with van der Waals surface area (Å²) < 4.78 is 7.48. The van der Waals surface area contributed by atoms with E-state index in [0.29, 0.717) is 11.5 Å². The lowest BCUT2D eigenvalue weighted by atomic mass is 10.3. The summed E-state index contributed by atoms with van der Waals surface area (Å²) in [5.74, 6) is 0.877. The van der Waals surface area contributed by atoms with Gasteiger partial charge in [0, 0.05) is 33.3 Å². The van der Waals surface area contributed by atoms with Gasteiger partial charge in [-0.2, -0.15) is 4.98 Å². The number of ether oxygens (including phenoxy) is 1. The van der Waals surface area contributed by atoms with Crippen molar-refractivity contribution in [2.24, 2.45) is 0 Å². The Balaban J connectivity index is 2.12. The van der Waals surface area contributed by atoms with E-state index >= 15 is 0 Å². The van der Waals surface area contributed by atoms with Crippen molar-refractivity contribution in [2.75, 3.05) is 45.2 Å². The van der Waals surface area contributed by atoms with Gasteiger partial charge in [-0.25, -0.2) is 4.68 Å². The number of hydrogen-bond donors (Lipinski definition) is 0. The summed E-state index contributed by atoms with van der Waals surface area (Å²) in [5, 5.41) is 4.24. The Kier molecular flexibility index (Phi) is 3.78. The Morgan fingerprint density at radius 2 is 2.00 bits per heavy atom. The van der Waals surface area contributed by atoms with Crippen molar-refractivity contribution in [3.8, 4) is 0 Å². The largest absolute Gasteiger partial charge is 0.362 e. The first-order chi connectivity index (χ1) is 7.70. The first-order valence-electron chi connectivity index (χ1n) is 5.23. The molecule has 0 unspecified atom stereocenters. The molecule has 16 heavy (non-hydrogen) atoms. The van der Waals surface area contributed by atoms with Crippen LogP contribution in [0.3, 0.4) is 0 Å². The van der Waals surface area contributed by atoms with Crippen LogP contribution in [0, 0.1) is 0 Å². The number of anilines is 1. The molecular weight excluding hydrogens is 274 g/mol. The second-order valence-electron chi connectivity index (χ2n) is 3.89. The van der Waals surface area contributed by atoms with Gasteiger partial charge in [-0.15, -0.1) is 5.10 Å². The van der Waals surface area contributed by atoms with E-state index in [9.17, 15) is 0 Å². The summed E-state index contributed by atoms with van der Waals surface area (Å²) in [6.45, 7) is 4.49. The third kappa shape index (κ3) is 2.53. The molecule has 7 heteroatoms. The van der Waals surface area contributed by atoms with Crippen molar-refractivity contribution < 1.29 is 4.74 Å². The van der Waals surface area contributed by atoms with Crippen molar-refractivity contribution in [3.63, 3.8) is 0 Å². The fraction of sp³-hybridized carbons (Fsp3) is 0.778. The van der Waals surface area contributed by atoms with Crippen LogP contribution in [0.15, 0.2) is 4.73 Å². The van der Waals surface area contributed by atoms with Crippen LogP contribution in [-0.2, 0) is 11.5 Å². The maximum atomic E-state index is 5.10. The normalized spacial score (nSPS) is 18.1. The Bertz CT molecular complexity index is 348. The van der Waals surface area contributed by atoms with Gasteiger partial charge < -0.3 is 14.5 Å². The zero-order valence-corrected chi connectivity index (χ0v) is 11.1. The molecule has 0 saturated carbocycles. The highest BCUT2D eigenvalue weighted by Gasteiger charge is 2.20. The minimum absolute atomic E-state index is 0.431. The molecule has 0 spiro atoms. The van der Waals surface area contributed by atoms with Gasteiger partial charge in [0.2, 0.25) is 10.7 Å². The quantitative estimate of drug-likeness (QED) is 0.806. The van der Waals surface area contributed by atoms with Crippen LogP contribution in [0.2, 0.25) is 0 Å². The molecule has 0 aliphatic carbocycles. The third-order valence-corrected chi connectivity index (χ3v) is 3.00. The lowest BCUT2D eigenvalue weighted by Crippen LogP contribution is -2.45. The monoisotopic (exact) mass is 289 g/mol. The topological polar surface area (TPSA) is 46.4 Å². The summed E-state index contributed by atoms with van der Waals surface area (Å²) in [7, 11) is 3.79. The van der Waals surface area contributed by atoms with Gasteiger partial charge >= 0.3 is 0 Å². The van der Waals surface area contributed by atoms with E-state index in [2.05, 4.69) is 42.9 Å². The van der Waals surface area contributed by atoms with Gasteiger partial charge in [0.15, 0.2) is 0 Å². The number of methoxy groups -OCH3 is 1. The number of piperazine rings is 1. The molecular formula is C9H16BrN5O. The smallest absolute Gasteiger partial charge is 0.227 e. The number of aromatic nitrogens is 3. The van der Waals surface area contributed by atoms with Crippen LogP contribution in [0.1, 0.15) is 0 Å². The van der Waals surface area contributed by atoms with E-state index in [0.717, 1.165) is 32.1 Å². The second-order valence-corrected chi connectivity index (χ2v) is 4.60. The molecule has 1 aliphatic heterocycles.